The molecule has 1 aromatic carbocycles. The standard InChI is InChI=1S/C24H30N4O4S/c1-24(2,3)32-23(30)28-12-6-5-8-15(28)14-25-22(29)16-10-11-17(31-4)20-19(16)26-21(27-20)18-9-7-13-33-18/h7,9-11,13,15H,5-6,8,12,14H2,1-4H3,(H,25,29)(H,26,27). The summed E-state index contributed by atoms with van der Waals surface area (Å²) in [5.74, 6) is 1.09. The smallest absolute Gasteiger partial charge is 0.410 e. The van der Waals surface area contributed by atoms with Gasteiger partial charge in [0.2, 0.25) is 0 Å². The molecule has 0 aliphatic carbocycles. The number of ether oxygens (including phenoxy) is 2. The number of rotatable bonds is 5. The zero-order valence-electron chi connectivity index (χ0n) is 19.4. The number of benzene rings is 1. The van der Waals surface area contributed by atoms with Crippen LogP contribution < -0.4 is 10.1 Å². The molecular weight excluding hydrogens is 440 g/mol. The summed E-state index contributed by atoms with van der Waals surface area (Å²) in [7, 11) is 1.59. The number of carbonyl (C=O) groups is 2. The van der Waals surface area contributed by atoms with Gasteiger partial charge in [0.05, 0.1) is 23.6 Å². The van der Waals surface area contributed by atoms with Crippen LogP contribution in [-0.4, -0.2) is 58.7 Å². The van der Waals surface area contributed by atoms with Gasteiger partial charge in [-0.15, -0.1) is 11.3 Å². The number of methoxy groups -OCH3 is 1. The molecular formula is C24H30N4O4S. The second kappa shape index (κ2) is 9.43. The largest absolute Gasteiger partial charge is 0.494 e. The van der Waals surface area contributed by atoms with Crippen LogP contribution >= 0.6 is 11.3 Å². The van der Waals surface area contributed by atoms with Crippen LogP contribution in [0.3, 0.4) is 0 Å². The maximum Gasteiger partial charge on any atom is 0.410 e. The van der Waals surface area contributed by atoms with Crippen LogP contribution in [0.25, 0.3) is 21.7 Å². The predicted molar refractivity (Wildman–Crippen MR) is 129 cm³/mol. The molecule has 1 atom stereocenters. The van der Waals surface area contributed by atoms with Crippen molar-refractivity contribution in [2.45, 2.75) is 51.7 Å². The van der Waals surface area contributed by atoms with Crippen molar-refractivity contribution in [1.82, 2.24) is 20.2 Å². The highest BCUT2D eigenvalue weighted by Gasteiger charge is 2.31. The van der Waals surface area contributed by atoms with Gasteiger partial charge in [-0.3, -0.25) is 4.79 Å². The van der Waals surface area contributed by atoms with Crippen molar-refractivity contribution in [2.75, 3.05) is 20.2 Å². The molecule has 1 aliphatic rings. The highest BCUT2D eigenvalue weighted by Crippen LogP contribution is 2.31. The zero-order chi connectivity index (χ0) is 23.6. The summed E-state index contributed by atoms with van der Waals surface area (Å²) in [5.41, 5.74) is 1.14. The highest BCUT2D eigenvalue weighted by molar-refractivity contribution is 7.13. The molecule has 2 amide bonds. The molecule has 0 saturated carbocycles. The molecule has 9 heteroatoms. The van der Waals surface area contributed by atoms with Crippen molar-refractivity contribution < 1.29 is 19.1 Å². The van der Waals surface area contributed by atoms with E-state index in [1.807, 2.05) is 38.3 Å². The molecule has 33 heavy (non-hydrogen) atoms. The molecule has 1 saturated heterocycles. The number of H-pyrrole nitrogens is 1. The summed E-state index contributed by atoms with van der Waals surface area (Å²) in [5, 5.41) is 4.99. The highest BCUT2D eigenvalue weighted by atomic mass is 32.1. The van der Waals surface area contributed by atoms with E-state index in [0.717, 1.165) is 24.1 Å². The minimum atomic E-state index is -0.558. The van der Waals surface area contributed by atoms with Gasteiger partial charge in [0.1, 0.15) is 28.2 Å². The Morgan fingerprint density at radius 2 is 2.09 bits per heavy atom. The van der Waals surface area contributed by atoms with Gasteiger partial charge in [-0.05, 0) is 63.6 Å². The summed E-state index contributed by atoms with van der Waals surface area (Å²) < 4.78 is 11.0. The molecule has 2 N–H and O–H groups in total. The van der Waals surface area contributed by atoms with Crippen LogP contribution in [0.4, 0.5) is 4.79 Å². The molecule has 3 aromatic rings. The average Bonchev–Trinajstić information content (AvgIpc) is 3.45. The number of hydrogen-bond acceptors (Lipinski definition) is 6. The van der Waals surface area contributed by atoms with Crippen molar-refractivity contribution in [3.8, 4) is 16.5 Å². The molecule has 3 heterocycles. The summed E-state index contributed by atoms with van der Waals surface area (Å²) in [4.78, 5) is 36.5. The van der Waals surface area contributed by atoms with Crippen molar-refractivity contribution in [3.05, 3.63) is 35.2 Å². The minimum Gasteiger partial charge on any atom is -0.494 e. The maximum atomic E-state index is 13.2. The Bertz CT molecular complexity index is 1130. The van der Waals surface area contributed by atoms with Gasteiger partial charge in [-0.1, -0.05) is 6.07 Å². The number of likely N-dealkylation sites (tertiary alicyclic amines) is 1. The van der Waals surface area contributed by atoms with Crippen LogP contribution in [-0.2, 0) is 4.74 Å². The third kappa shape index (κ3) is 5.13. The van der Waals surface area contributed by atoms with Gasteiger partial charge >= 0.3 is 6.09 Å². The Morgan fingerprint density at radius 1 is 1.27 bits per heavy atom. The molecule has 0 radical (unpaired) electrons. The van der Waals surface area contributed by atoms with Crippen LogP contribution in [0.2, 0.25) is 0 Å². The number of amides is 2. The number of aromatic amines is 1. The van der Waals surface area contributed by atoms with E-state index in [4.69, 9.17) is 14.5 Å². The van der Waals surface area contributed by atoms with Gasteiger partial charge in [0.25, 0.3) is 5.91 Å². The lowest BCUT2D eigenvalue weighted by atomic mass is 10.0. The van der Waals surface area contributed by atoms with Gasteiger partial charge in [0.15, 0.2) is 0 Å². The first-order valence-corrected chi connectivity index (χ1v) is 12.0. The molecule has 4 rings (SSSR count). The number of piperidine rings is 1. The van der Waals surface area contributed by atoms with Gasteiger partial charge < -0.3 is 24.7 Å². The lowest BCUT2D eigenvalue weighted by Gasteiger charge is -2.36. The summed E-state index contributed by atoms with van der Waals surface area (Å²) in [6.07, 6.45) is 2.43. The van der Waals surface area contributed by atoms with Gasteiger partial charge in [-0.2, -0.15) is 0 Å². The van der Waals surface area contributed by atoms with Gasteiger partial charge in [-0.25, -0.2) is 9.78 Å². The Hall–Kier alpha value is -3.07. The number of nitrogens with zero attached hydrogens (tertiary/aromatic N) is 2. The van der Waals surface area contributed by atoms with E-state index in [1.54, 1.807) is 35.5 Å². The fourth-order valence-electron chi connectivity index (χ4n) is 4.03. The third-order valence-corrected chi connectivity index (χ3v) is 6.46. The van der Waals surface area contributed by atoms with E-state index in [-0.39, 0.29) is 18.0 Å². The molecule has 1 aliphatic heterocycles. The Kier molecular flexibility index (Phi) is 6.60. The second-order valence-electron chi connectivity index (χ2n) is 9.14. The van der Waals surface area contributed by atoms with E-state index in [0.29, 0.717) is 41.3 Å². The Labute approximate surface area is 197 Å². The number of aromatic nitrogens is 2. The number of hydrogen-bond donors (Lipinski definition) is 2. The summed E-state index contributed by atoms with van der Waals surface area (Å²) in [6, 6.07) is 7.32. The average molecular weight is 471 g/mol. The zero-order valence-corrected chi connectivity index (χ0v) is 20.3. The first kappa shape index (κ1) is 23.1. The fourth-order valence-corrected chi connectivity index (χ4v) is 4.70. The first-order chi connectivity index (χ1) is 15.8. The summed E-state index contributed by atoms with van der Waals surface area (Å²) >= 11 is 1.57. The lowest BCUT2D eigenvalue weighted by Crippen LogP contribution is -2.50. The number of imidazole rings is 1. The quantitative estimate of drug-likeness (QED) is 0.557. The lowest BCUT2D eigenvalue weighted by molar-refractivity contribution is 0.00986. The first-order valence-electron chi connectivity index (χ1n) is 11.2. The van der Waals surface area contributed by atoms with E-state index < -0.39 is 5.60 Å². The van der Waals surface area contributed by atoms with E-state index in [9.17, 15) is 9.59 Å². The maximum absolute atomic E-state index is 13.2. The van der Waals surface area contributed by atoms with Crippen molar-refractivity contribution in [2.24, 2.45) is 0 Å². The monoisotopic (exact) mass is 470 g/mol. The molecule has 1 unspecified atom stereocenters. The second-order valence-corrected chi connectivity index (χ2v) is 10.1. The SMILES string of the molecule is COc1ccc(C(=O)NCC2CCCCN2C(=O)OC(C)(C)C)c2nc(-c3cccs3)[nH]c12. The van der Waals surface area contributed by atoms with Crippen molar-refractivity contribution >= 4 is 34.4 Å². The summed E-state index contributed by atoms with van der Waals surface area (Å²) in [6.45, 7) is 6.55. The molecule has 0 bridgehead atoms. The molecule has 1 fully saturated rings. The molecule has 2 aromatic heterocycles. The van der Waals surface area contributed by atoms with Crippen molar-refractivity contribution in [1.29, 1.82) is 0 Å². The normalized spacial score (nSPS) is 16.6. The Balaban J connectivity index is 1.53. The van der Waals surface area contributed by atoms with Crippen molar-refractivity contribution in [3.63, 3.8) is 0 Å². The van der Waals surface area contributed by atoms with Crippen LogP contribution in [0.5, 0.6) is 5.75 Å². The number of carbonyl (C=O) groups excluding carboxylic acids is 2. The number of nitrogens with one attached hydrogen (secondary N) is 2. The minimum absolute atomic E-state index is 0.104. The molecule has 176 valence electrons. The van der Waals surface area contributed by atoms with Crippen LogP contribution in [0, 0.1) is 0 Å². The van der Waals surface area contributed by atoms with E-state index >= 15 is 0 Å². The Morgan fingerprint density at radius 3 is 2.79 bits per heavy atom. The number of fused-ring (bicyclic) bond motifs is 1. The molecule has 8 nitrogen and oxygen atoms in total. The van der Waals surface area contributed by atoms with Gasteiger partial charge in [0, 0.05) is 13.1 Å². The fraction of sp³-hybridized carbons (Fsp3) is 0.458. The third-order valence-electron chi connectivity index (χ3n) is 5.58. The number of thiophene rings is 1. The predicted octanol–water partition coefficient (Wildman–Crippen LogP) is 4.82. The van der Waals surface area contributed by atoms with Crippen LogP contribution in [0.1, 0.15) is 50.4 Å². The van der Waals surface area contributed by atoms with Crippen LogP contribution in [0.15, 0.2) is 29.6 Å². The van der Waals surface area contributed by atoms with E-state index in [1.165, 1.54) is 0 Å². The molecule has 0 spiro atoms. The van der Waals surface area contributed by atoms with E-state index in [2.05, 4.69) is 10.3 Å². The topological polar surface area (TPSA) is 96.6 Å².